The van der Waals surface area contributed by atoms with E-state index in [0.29, 0.717) is 23.9 Å². The van der Waals surface area contributed by atoms with Gasteiger partial charge < -0.3 is 18.9 Å². The molecule has 9 nitrogen and oxygen atoms in total. The number of rotatable bonds is 80. The van der Waals surface area contributed by atoms with Gasteiger partial charge in [-0.05, 0) is 64.2 Å². The minimum atomic E-state index is -4.40. The highest BCUT2D eigenvalue weighted by atomic mass is 31.2. The first kappa shape index (κ1) is 95.5. The van der Waals surface area contributed by atoms with Crippen LogP contribution in [0, 0.1) is 0 Å². The Morgan fingerprint density at radius 1 is 0.327 bits per heavy atom. The van der Waals surface area contributed by atoms with E-state index in [0.717, 1.165) is 70.6 Å². The Kier molecular flexibility index (Phi) is 76.5. The smallest absolute Gasteiger partial charge is 0.462 e. The van der Waals surface area contributed by atoms with Crippen LogP contribution in [-0.2, 0) is 32.7 Å². The van der Waals surface area contributed by atoms with Crippen LogP contribution in [0.3, 0.4) is 0 Å². The number of hydrogen-bond donors (Lipinski definition) is 1. The molecule has 0 aliphatic heterocycles. The summed E-state index contributed by atoms with van der Waals surface area (Å²) in [5.41, 5.74) is 0. The number of unbranched alkanes of at least 4 members (excludes halogenated alkanes) is 54. The van der Waals surface area contributed by atoms with Crippen molar-refractivity contribution >= 4 is 19.8 Å². The van der Waals surface area contributed by atoms with Crippen molar-refractivity contribution in [2.75, 3.05) is 47.5 Å². The molecule has 0 radical (unpaired) electrons. The Hall–Kier alpha value is -2.55. The molecule has 98 heavy (non-hydrogen) atoms. The monoisotopic (exact) mass is 1400 g/mol. The number of carbonyl (C=O) groups excluding carboxylic acids is 2. The lowest BCUT2D eigenvalue weighted by Gasteiger charge is -2.24. The van der Waals surface area contributed by atoms with Crippen molar-refractivity contribution in [3.8, 4) is 0 Å². The molecule has 0 rings (SSSR count). The molecule has 1 N–H and O–H groups in total. The van der Waals surface area contributed by atoms with Crippen LogP contribution >= 0.6 is 7.82 Å². The Morgan fingerprint density at radius 3 is 0.867 bits per heavy atom. The summed E-state index contributed by atoms with van der Waals surface area (Å²) in [5.74, 6) is -0.773. The van der Waals surface area contributed by atoms with Gasteiger partial charge in [0.15, 0.2) is 6.10 Å². The maximum absolute atomic E-state index is 12.9. The second kappa shape index (κ2) is 78.6. The summed E-state index contributed by atoms with van der Waals surface area (Å²) < 4.78 is 34.9. The molecule has 0 saturated heterocycles. The van der Waals surface area contributed by atoms with Gasteiger partial charge in [-0.2, -0.15) is 0 Å². The quantitative estimate of drug-likeness (QED) is 0.0211. The molecule has 0 heterocycles. The molecule has 0 aliphatic rings. The molecule has 0 bridgehead atoms. The molecule has 10 heteroatoms. The van der Waals surface area contributed by atoms with E-state index in [1.807, 2.05) is 21.1 Å². The number of ether oxygens (including phenoxy) is 2. The molecule has 0 fully saturated rings. The van der Waals surface area contributed by atoms with E-state index < -0.39 is 26.5 Å². The summed E-state index contributed by atoms with van der Waals surface area (Å²) in [6.07, 6.45) is 108. The average molecular weight is 1400 g/mol. The minimum absolute atomic E-state index is 0.0338. The molecule has 0 aliphatic carbocycles. The van der Waals surface area contributed by atoms with E-state index in [4.69, 9.17) is 18.5 Å². The molecule has 0 aromatic rings. The van der Waals surface area contributed by atoms with Crippen LogP contribution in [-0.4, -0.2) is 74.9 Å². The van der Waals surface area contributed by atoms with Crippen molar-refractivity contribution < 1.29 is 42.1 Å². The van der Waals surface area contributed by atoms with E-state index in [-0.39, 0.29) is 25.6 Å². The van der Waals surface area contributed by atoms with Crippen molar-refractivity contribution in [1.29, 1.82) is 0 Å². The second-order valence-corrected chi connectivity index (χ2v) is 31.7. The van der Waals surface area contributed by atoms with Crippen LogP contribution in [0.2, 0.25) is 0 Å². The summed E-state index contributed by atoms with van der Waals surface area (Å²) >= 11 is 0. The predicted octanol–water partition coefficient (Wildman–Crippen LogP) is 28.6. The second-order valence-electron chi connectivity index (χ2n) is 30.2. The van der Waals surface area contributed by atoms with Crippen molar-refractivity contribution in [3.05, 3.63) is 72.9 Å². The van der Waals surface area contributed by atoms with Crippen molar-refractivity contribution in [3.63, 3.8) is 0 Å². The molecular weight excluding hydrogens is 1230 g/mol. The number of phosphoric ester groups is 1. The van der Waals surface area contributed by atoms with Gasteiger partial charge in [-0.1, -0.05) is 421 Å². The Morgan fingerprint density at radius 2 is 0.582 bits per heavy atom. The van der Waals surface area contributed by atoms with Crippen LogP contribution in [0.15, 0.2) is 72.9 Å². The number of phosphoric acid groups is 1. The van der Waals surface area contributed by atoms with Crippen LogP contribution in [0.4, 0.5) is 0 Å². The van der Waals surface area contributed by atoms with E-state index in [2.05, 4.69) is 86.8 Å². The third kappa shape index (κ3) is 82.4. The predicted molar refractivity (Wildman–Crippen MR) is 427 cm³/mol. The topological polar surface area (TPSA) is 108 Å². The highest BCUT2D eigenvalue weighted by Crippen LogP contribution is 2.43. The number of hydrogen-bond acceptors (Lipinski definition) is 7. The lowest BCUT2D eigenvalue weighted by Crippen LogP contribution is -2.37. The van der Waals surface area contributed by atoms with Gasteiger partial charge in [0.25, 0.3) is 0 Å². The molecule has 0 saturated carbocycles. The zero-order valence-electron chi connectivity index (χ0n) is 65.8. The van der Waals surface area contributed by atoms with Gasteiger partial charge in [0.05, 0.1) is 27.7 Å². The molecule has 0 aromatic heterocycles. The third-order valence-corrected chi connectivity index (χ3v) is 20.2. The number of likely N-dealkylation sites (N-methyl/N-ethyl adjacent to an activating group) is 1. The first-order chi connectivity index (χ1) is 48.0. The highest BCUT2D eigenvalue weighted by molar-refractivity contribution is 7.47. The SMILES string of the molecule is CC/C=C\C/C=C\C/C=C\C/C=C\C/C=C\C/C=C\CCCCCCCCCCCCCCCCCCCCCCC(=O)OC(COC(=O)CCCCCCCCCCCCCCCCCCCCCCCCCCCCCCCCCCCCC)COP(=O)(O)OCC[N+](C)(C)C. The molecule has 2 unspecified atom stereocenters. The number of esters is 2. The normalized spacial score (nSPS) is 13.3. The van der Waals surface area contributed by atoms with Gasteiger partial charge in [-0.15, -0.1) is 0 Å². The van der Waals surface area contributed by atoms with Crippen molar-refractivity contribution in [2.24, 2.45) is 0 Å². The molecular formula is C88H165NO8P+. The van der Waals surface area contributed by atoms with E-state index in [9.17, 15) is 19.0 Å². The van der Waals surface area contributed by atoms with Gasteiger partial charge in [-0.3, -0.25) is 18.6 Å². The largest absolute Gasteiger partial charge is 0.472 e. The Balaban J connectivity index is 3.89. The maximum atomic E-state index is 12.9. The summed E-state index contributed by atoms with van der Waals surface area (Å²) in [4.78, 5) is 36.0. The lowest BCUT2D eigenvalue weighted by molar-refractivity contribution is -0.870. The Bertz CT molecular complexity index is 1890. The summed E-state index contributed by atoms with van der Waals surface area (Å²) in [7, 11) is 1.50. The van der Waals surface area contributed by atoms with E-state index in [1.165, 1.54) is 321 Å². The number of carbonyl (C=O) groups is 2. The summed E-state index contributed by atoms with van der Waals surface area (Å²) in [5, 5.41) is 0. The number of allylic oxidation sites excluding steroid dienone is 12. The van der Waals surface area contributed by atoms with Gasteiger partial charge in [-0.25, -0.2) is 4.57 Å². The van der Waals surface area contributed by atoms with Gasteiger partial charge in [0.2, 0.25) is 0 Å². The first-order valence-electron chi connectivity index (χ1n) is 42.7. The molecule has 0 aromatic carbocycles. The minimum Gasteiger partial charge on any atom is -0.462 e. The number of nitrogens with zero attached hydrogens (tertiary/aromatic N) is 1. The van der Waals surface area contributed by atoms with Crippen LogP contribution in [0.25, 0.3) is 0 Å². The van der Waals surface area contributed by atoms with E-state index in [1.54, 1.807) is 0 Å². The third-order valence-electron chi connectivity index (χ3n) is 19.3. The molecule has 574 valence electrons. The van der Waals surface area contributed by atoms with Gasteiger partial charge in [0, 0.05) is 12.8 Å². The Labute approximate surface area is 609 Å². The number of quaternary nitrogens is 1. The first-order valence-corrected chi connectivity index (χ1v) is 44.2. The van der Waals surface area contributed by atoms with Crippen LogP contribution < -0.4 is 0 Å². The average Bonchev–Trinajstić information content (AvgIpc) is 1.23. The van der Waals surface area contributed by atoms with Crippen LogP contribution in [0.1, 0.15) is 425 Å². The summed E-state index contributed by atoms with van der Waals surface area (Å²) in [6.45, 7) is 4.40. The van der Waals surface area contributed by atoms with Crippen molar-refractivity contribution in [2.45, 2.75) is 431 Å². The van der Waals surface area contributed by atoms with Gasteiger partial charge >= 0.3 is 19.8 Å². The fraction of sp³-hybridized carbons (Fsp3) is 0.841. The molecule has 0 spiro atoms. The highest BCUT2D eigenvalue weighted by Gasteiger charge is 2.27. The fourth-order valence-corrected chi connectivity index (χ4v) is 13.5. The van der Waals surface area contributed by atoms with Gasteiger partial charge in [0.1, 0.15) is 19.8 Å². The standard InChI is InChI=1S/C88H164NO8P/c1-6-8-10-12-14-16-18-20-22-24-26-28-30-32-34-36-38-40-42-43-44-45-47-49-51-53-55-57-59-61-63-65-67-69-71-73-75-77-79-81-88(91)97-86(85-96-98(92,93)95-83-82-89(3,4)5)84-94-87(90)80-78-76-74-72-70-68-66-64-62-60-58-56-54-52-50-48-46-41-39-37-35-33-31-29-27-25-23-21-19-17-15-13-11-9-7-2/h8,10,14,16,20,22,26,28,32,34,38,40,86H,6-7,9,11-13,15,17-19,21,23-25,27,29-31,33,35-37,39,41-85H2,1-5H3/p+1/b10-8-,16-14-,22-20-,28-26-,34-32-,40-38-. The molecule has 2 atom stereocenters. The fourth-order valence-electron chi connectivity index (χ4n) is 12.8. The summed E-state index contributed by atoms with van der Waals surface area (Å²) in [6, 6.07) is 0. The van der Waals surface area contributed by atoms with E-state index >= 15 is 0 Å². The van der Waals surface area contributed by atoms with Crippen LogP contribution in [0.5, 0.6) is 0 Å². The lowest BCUT2D eigenvalue weighted by atomic mass is 10.0. The molecule has 0 amide bonds. The zero-order chi connectivity index (χ0) is 71.1. The maximum Gasteiger partial charge on any atom is 0.472 e. The van der Waals surface area contributed by atoms with Crippen molar-refractivity contribution in [1.82, 2.24) is 0 Å². The zero-order valence-corrected chi connectivity index (χ0v) is 66.7.